The highest BCUT2D eigenvalue weighted by molar-refractivity contribution is 5.89. The molecule has 10 nitrogen and oxygen atoms in total. The average molecular weight is 337 g/mol. The molecule has 1 aromatic carbocycles. The van der Waals surface area contributed by atoms with Crippen LogP contribution in [0.3, 0.4) is 0 Å². The third kappa shape index (κ3) is 4.41. The molecular formula is C14H15N3O7. The molecule has 0 fully saturated rings. The highest BCUT2D eigenvalue weighted by Gasteiger charge is 2.27. The lowest BCUT2D eigenvalue weighted by atomic mass is 10.2. The first kappa shape index (κ1) is 17.2. The van der Waals surface area contributed by atoms with Crippen molar-refractivity contribution in [2.75, 3.05) is 24.5 Å². The van der Waals surface area contributed by atoms with Gasteiger partial charge >= 0.3 is 11.9 Å². The summed E-state index contributed by atoms with van der Waals surface area (Å²) >= 11 is 0. The molecule has 0 aromatic heterocycles. The number of anilines is 1. The topological polar surface area (TPSA) is 139 Å². The Labute approximate surface area is 136 Å². The number of carbonyl (C=O) groups is 3. The van der Waals surface area contributed by atoms with Gasteiger partial charge in [-0.25, -0.2) is 4.79 Å². The predicted octanol–water partition coefficient (Wildman–Crippen LogP) is 0.301. The molecule has 2 rings (SSSR count). The number of hydrogen-bond acceptors (Lipinski definition) is 7. The zero-order valence-corrected chi connectivity index (χ0v) is 12.6. The van der Waals surface area contributed by atoms with E-state index < -0.39 is 16.9 Å². The van der Waals surface area contributed by atoms with Crippen molar-refractivity contribution in [1.29, 1.82) is 0 Å². The van der Waals surface area contributed by atoms with Gasteiger partial charge in [-0.2, -0.15) is 0 Å². The van der Waals surface area contributed by atoms with Gasteiger partial charge in [-0.05, 0) is 12.5 Å². The fourth-order valence-electron chi connectivity index (χ4n) is 2.19. The number of benzene rings is 1. The minimum absolute atomic E-state index is 0.0270. The molecule has 0 radical (unpaired) electrons. The van der Waals surface area contributed by atoms with Crippen LogP contribution in [-0.4, -0.2) is 47.5 Å². The van der Waals surface area contributed by atoms with Crippen LogP contribution >= 0.6 is 0 Å². The van der Waals surface area contributed by atoms with Crippen molar-refractivity contribution in [3.8, 4) is 5.75 Å². The number of rotatable bonds is 7. The third-order valence-electron chi connectivity index (χ3n) is 3.26. The molecule has 1 aliphatic rings. The fraction of sp³-hybridized carbons (Fsp3) is 0.357. The smallest absolute Gasteiger partial charge is 0.331 e. The van der Waals surface area contributed by atoms with Crippen LogP contribution in [0.25, 0.3) is 0 Å². The summed E-state index contributed by atoms with van der Waals surface area (Å²) in [5.41, 5.74) is 0.183. The molecule has 1 aromatic rings. The van der Waals surface area contributed by atoms with Crippen molar-refractivity contribution >= 4 is 29.2 Å². The minimum Gasteiger partial charge on any atom is -0.481 e. The molecule has 0 bridgehead atoms. The van der Waals surface area contributed by atoms with Crippen LogP contribution in [0.1, 0.15) is 12.8 Å². The van der Waals surface area contributed by atoms with Gasteiger partial charge in [0, 0.05) is 19.0 Å². The zero-order chi connectivity index (χ0) is 17.7. The summed E-state index contributed by atoms with van der Waals surface area (Å²) in [5, 5.41) is 21.8. The number of non-ortho nitro benzene ring substituents is 1. The number of hydrogen-bond donors (Lipinski definition) is 2. The normalized spacial score (nSPS) is 13.0. The molecular weight excluding hydrogens is 322 g/mol. The Kier molecular flexibility index (Phi) is 5.30. The van der Waals surface area contributed by atoms with Crippen molar-refractivity contribution < 1.29 is 29.2 Å². The monoisotopic (exact) mass is 337 g/mol. The zero-order valence-electron chi connectivity index (χ0n) is 12.6. The van der Waals surface area contributed by atoms with Crippen LogP contribution in [0, 0.1) is 10.1 Å². The first-order chi connectivity index (χ1) is 11.4. The largest absolute Gasteiger partial charge is 0.481 e. The van der Waals surface area contributed by atoms with E-state index in [9.17, 15) is 24.5 Å². The molecule has 0 unspecified atom stereocenters. The van der Waals surface area contributed by atoms with Crippen LogP contribution in [0.5, 0.6) is 5.75 Å². The number of nitro benzene ring substituents is 1. The summed E-state index contributed by atoms with van der Waals surface area (Å²) in [7, 11) is 0. The third-order valence-corrected chi connectivity index (χ3v) is 3.26. The van der Waals surface area contributed by atoms with Crippen molar-refractivity contribution in [1.82, 2.24) is 5.32 Å². The summed E-state index contributed by atoms with van der Waals surface area (Å²) in [6.45, 7) is -0.100. The van der Waals surface area contributed by atoms with Gasteiger partial charge in [0.25, 0.3) is 5.69 Å². The Morgan fingerprint density at radius 1 is 1.42 bits per heavy atom. The van der Waals surface area contributed by atoms with E-state index in [1.165, 1.54) is 17.0 Å². The van der Waals surface area contributed by atoms with Crippen molar-refractivity contribution in [2.24, 2.45) is 0 Å². The Balaban J connectivity index is 2.01. The van der Waals surface area contributed by atoms with Gasteiger partial charge in [-0.15, -0.1) is 0 Å². The van der Waals surface area contributed by atoms with E-state index in [4.69, 9.17) is 9.84 Å². The van der Waals surface area contributed by atoms with Gasteiger partial charge in [0.1, 0.15) is 6.54 Å². The molecule has 0 saturated heterocycles. The molecule has 1 amide bonds. The fourth-order valence-corrected chi connectivity index (χ4v) is 2.19. The summed E-state index contributed by atoms with van der Waals surface area (Å²) in [5.74, 6) is -1.93. The number of nitrogens with zero attached hydrogens (tertiary/aromatic N) is 2. The highest BCUT2D eigenvalue weighted by Crippen LogP contribution is 2.34. The first-order valence-electron chi connectivity index (χ1n) is 7.09. The number of nitro groups is 1. The Morgan fingerprint density at radius 2 is 2.17 bits per heavy atom. The second kappa shape index (κ2) is 7.40. The Hall–Kier alpha value is -3.17. The van der Waals surface area contributed by atoms with Crippen molar-refractivity contribution in [2.45, 2.75) is 12.8 Å². The lowest BCUT2D eigenvalue weighted by Gasteiger charge is -2.28. The standard InChI is InChI=1S/C14H15N3O7/c18-12(15-5-1-2-13(19)20)7-16-8-14(21)24-11-6-9(17(22)23)3-4-10(11)16/h3-4,6H,1-2,5,7-8H2,(H,15,18)(H,19,20). The minimum atomic E-state index is -0.946. The molecule has 2 N–H and O–H groups in total. The summed E-state index contributed by atoms with van der Waals surface area (Å²) < 4.78 is 4.98. The van der Waals surface area contributed by atoms with Gasteiger partial charge in [0.2, 0.25) is 5.91 Å². The predicted molar refractivity (Wildman–Crippen MR) is 80.8 cm³/mol. The van der Waals surface area contributed by atoms with Gasteiger partial charge in [-0.3, -0.25) is 19.7 Å². The molecule has 0 spiro atoms. The SMILES string of the molecule is O=C(O)CCCNC(=O)CN1CC(=O)Oc2cc([N+](=O)[O-])ccc21. The maximum absolute atomic E-state index is 11.9. The number of ether oxygens (including phenoxy) is 1. The van der Waals surface area contributed by atoms with Gasteiger partial charge in [0.05, 0.1) is 23.2 Å². The number of fused-ring (bicyclic) bond motifs is 1. The second-order valence-electron chi connectivity index (χ2n) is 5.09. The van der Waals surface area contributed by atoms with E-state index in [2.05, 4.69) is 5.32 Å². The average Bonchev–Trinajstić information content (AvgIpc) is 2.50. The number of amides is 1. The van der Waals surface area contributed by atoms with E-state index in [-0.39, 0.29) is 43.4 Å². The van der Waals surface area contributed by atoms with E-state index >= 15 is 0 Å². The number of carbonyl (C=O) groups excluding carboxylic acids is 2. The molecule has 0 aliphatic carbocycles. The molecule has 1 heterocycles. The van der Waals surface area contributed by atoms with Crippen molar-refractivity contribution in [3.63, 3.8) is 0 Å². The van der Waals surface area contributed by atoms with Crippen molar-refractivity contribution in [3.05, 3.63) is 28.3 Å². The van der Waals surface area contributed by atoms with Gasteiger partial charge in [-0.1, -0.05) is 0 Å². The Morgan fingerprint density at radius 3 is 2.83 bits per heavy atom. The number of carboxylic acid groups (broad SMARTS) is 1. The van der Waals surface area contributed by atoms with Crippen LogP contribution in [-0.2, 0) is 14.4 Å². The van der Waals surface area contributed by atoms with Crippen LogP contribution in [0.2, 0.25) is 0 Å². The molecule has 128 valence electrons. The number of carboxylic acids is 1. The van der Waals surface area contributed by atoms with Crippen LogP contribution in [0.15, 0.2) is 18.2 Å². The number of nitrogens with one attached hydrogen (secondary N) is 1. The van der Waals surface area contributed by atoms with Gasteiger partial charge < -0.3 is 20.1 Å². The maximum Gasteiger partial charge on any atom is 0.331 e. The lowest BCUT2D eigenvalue weighted by molar-refractivity contribution is -0.384. The highest BCUT2D eigenvalue weighted by atomic mass is 16.6. The molecule has 24 heavy (non-hydrogen) atoms. The van der Waals surface area contributed by atoms with Crippen LogP contribution in [0.4, 0.5) is 11.4 Å². The quantitative estimate of drug-likeness (QED) is 0.238. The second-order valence-corrected chi connectivity index (χ2v) is 5.09. The summed E-state index contributed by atoms with van der Waals surface area (Å²) in [6, 6.07) is 3.80. The number of esters is 1. The summed E-state index contributed by atoms with van der Waals surface area (Å²) in [4.78, 5) is 45.5. The first-order valence-corrected chi connectivity index (χ1v) is 7.09. The van der Waals surface area contributed by atoms with E-state index in [1.807, 2.05) is 0 Å². The summed E-state index contributed by atoms with van der Waals surface area (Å²) in [6.07, 6.45) is 0.245. The maximum atomic E-state index is 11.9. The number of aliphatic carboxylic acids is 1. The molecule has 0 saturated carbocycles. The van der Waals surface area contributed by atoms with Crippen LogP contribution < -0.4 is 15.0 Å². The molecule has 0 atom stereocenters. The van der Waals surface area contributed by atoms with E-state index in [0.717, 1.165) is 6.07 Å². The van der Waals surface area contributed by atoms with E-state index in [0.29, 0.717) is 12.1 Å². The lowest BCUT2D eigenvalue weighted by Crippen LogP contribution is -2.43. The van der Waals surface area contributed by atoms with E-state index in [1.54, 1.807) is 0 Å². The molecule has 10 heteroatoms. The van der Waals surface area contributed by atoms with Gasteiger partial charge in [0.15, 0.2) is 5.75 Å². The molecule has 1 aliphatic heterocycles. The Bertz CT molecular complexity index is 689.